The average molecular weight is 355 g/mol. The summed E-state index contributed by atoms with van der Waals surface area (Å²) in [5.41, 5.74) is 1.53. The summed E-state index contributed by atoms with van der Waals surface area (Å²) in [7, 11) is 0. The van der Waals surface area contributed by atoms with Gasteiger partial charge in [-0.3, -0.25) is 0 Å². The van der Waals surface area contributed by atoms with Crippen LogP contribution in [0, 0.1) is 6.57 Å². The lowest BCUT2D eigenvalue weighted by Crippen LogP contribution is -2.29. The summed E-state index contributed by atoms with van der Waals surface area (Å²) in [4.78, 5) is 5.63. The van der Waals surface area contributed by atoms with E-state index in [9.17, 15) is 5.11 Å². The summed E-state index contributed by atoms with van der Waals surface area (Å²) >= 11 is 6.19. The van der Waals surface area contributed by atoms with Crippen molar-refractivity contribution in [1.82, 2.24) is 0 Å². The van der Waals surface area contributed by atoms with Crippen molar-refractivity contribution in [3.63, 3.8) is 0 Å². The molecule has 1 heterocycles. The molecule has 0 saturated carbocycles. The zero-order valence-corrected chi connectivity index (χ0v) is 14.5. The minimum atomic E-state index is 0.219. The fourth-order valence-electron chi connectivity index (χ4n) is 3.15. The SMILES string of the molecule is [C-]#[N+]c1ccc(Oc2cccc(N3CCCC3CC(=C)O)c2)c(Cl)c1. The van der Waals surface area contributed by atoms with E-state index in [4.69, 9.17) is 22.9 Å². The number of aliphatic hydroxyl groups excluding tert-OH is 1. The van der Waals surface area contributed by atoms with Gasteiger partial charge in [0.1, 0.15) is 11.5 Å². The third-order valence-electron chi connectivity index (χ3n) is 4.27. The third kappa shape index (κ3) is 4.07. The van der Waals surface area contributed by atoms with Crippen LogP contribution in [0.4, 0.5) is 11.4 Å². The van der Waals surface area contributed by atoms with Crippen LogP contribution in [0.5, 0.6) is 11.5 Å². The van der Waals surface area contributed by atoms with Crippen molar-refractivity contribution in [1.29, 1.82) is 0 Å². The molecule has 0 amide bonds. The Morgan fingerprint density at radius 1 is 1.36 bits per heavy atom. The quantitative estimate of drug-likeness (QED) is 0.519. The molecule has 1 N–H and O–H groups in total. The normalized spacial score (nSPS) is 16.5. The first kappa shape index (κ1) is 17.2. The Morgan fingerprint density at radius 3 is 2.92 bits per heavy atom. The van der Waals surface area contributed by atoms with Gasteiger partial charge in [0, 0.05) is 30.8 Å². The monoisotopic (exact) mass is 354 g/mol. The molecule has 5 heteroatoms. The van der Waals surface area contributed by atoms with Crippen LogP contribution in [0.25, 0.3) is 4.85 Å². The van der Waals surface area contributed by atoms with Gasteiger partial charge < -0.3 is 14.7 Å². The van der Waals surface area contributed by atoms with Crippen molar-refractivity contribution < 1.29 is 9.84 Å². The van der Waals surface area contributed by atoms with Crippen LogP contribution < -0.4 is 9.64 Å². The summed E-state index contributed by atoms with van der Waals surface area (Å²) in [5.74, 6) is 1.42. The van der Waals surface area contributed by atoms with E-state index in [-0.39, 0.29) is 11.8 Å². The summed E-state index contributed by atoms with van der Waals surface area (Å²) in [6.07, 6.45) is 2.70. The fourth-order valence-corrected chi connectivity index (χ4v) is 3.37. The highest BCUT2D eigenvalue weighted by molar-refractivity contribution is 6.32. The smallest absolute Gasteiger partial charge is 0.188 e. The maximum absolute atomic E-state index is 9.52. The van der Waals surface area contributed by atoms with E-state index in [0.29, 0.717) is 28.6 Å². The van der Waals surface area contributed by atoms with Gasteiger partial charge in [-0.2, -0.15) is 0 Å². The highest BCUT2D eigenvalue weighted by atomic mass is 35.5. The second-order valence-corrected chi connectivity index (χ2v) is 6.49. The lowest BCUT2D eigenvalue weighted by molar-refractivity contribution is 0.376. The molecule has 2 aromatic rings. The standard InChI is InChI=1S/C20H19ClN2O2/c1-14(24)11-16-6-4-10-23(16)17-5-3-7-18(13-17)25-20-9-8-15(22-2)12-19(20)21/h3,5,7-9,12-13,16,24H,1,4,6,10-11H2. The van der Waals surface area contributed by atoms with Gasteiger partial charge in [-0.25, -0.2) is 4.85 Å². The van der Waals surface area contributed by atoms with Gasteiger partial charge in [0.2, 0.25) is 0 Å². The molecule has 25 heavy (non-hydrogen) atoms. The Labute approximate surface area is 152 Å². The lowest BCUT2D eigenvalue weighted by atomic mass is 10.1. The third-order valence-corrected chi connectivity index (χ3v) is 4.57. The summed E-state index contributed by atoms with van der Waals surface area (Å²) in [6, 6.07) is 13.1. The first-order valence-corrected chi connectivity index (χ1v) is 8.53. The number of anilines is 1. The van der Waals surface area contributed by atoms with Gasteiger partial charge in [0.15, 0.2) is 5.69 Å². The molecule has 1 saturated heterocycles. The van der Waals surface area contributed by atoms with E-state index < -0.39 is 0 Å². The number of halogens is 1. The maximum Gasteiger partial charge on any atom is 0.188 e. The van der Waals surface area contributed by atoms with E-state index in [0.717, 1.165) is 25.1 Å². The van der Waals surface area contributed by atoms with Crippen molar-refractivity contribution in [2.24, 2.45) is 0 Å². The van der Waals surface area contributed by atoms with Crippen LogP contribution in [0.1, 0.15) is 19.3 Å². The average Bonchev–Trinajstić information content (AvgIpc) is 3.04. The molecule has 1 unspecified atom stereocenters. The maximum atomic E-state index is 9.52. The first-order valence-electron chi connectivity index (χ1n) is 8.15. The molecule has 3 rings (SSSR count). The van der Waals surface area contributed by atoms with E-state index in [1.54, 1.807) is 18.2 Å². The molecule has 128 valence electrons. The Morgan fingerprint density at radius 2 is 2.20 bits per heavy atom. The zero-order valence-electron chi connectivity index (χ0n) is 13.8. The Balaban J connectivity index is 1.80. The molecule has 2 aromatic carbocycles. The van der Waals surface area contributed by atoms with Crippen LogP contribution in [0.15, 0.2) is 54.8 Å². The largest absolute Gasteiger partial charge is 0.513 e. The van der Waals surface area contributed by atoms with Gasteiger partial charge in [0.25, 0.3) is 0 Å². The second-order valence-electron chi connectivity index (χ2n) is 6.09. The second kappa shape index (κ2) is 7.50. The van der Waals surface area contributed by atoms with Crippen molar-refractivity contribution >= 4 is 23.0 Å². The van der Waals surface area contributed by atoms with Crippen molar-refractivity contribution in [3.8, 4) is 11.5 Å². The lowest BCUT2D eigenvalue weighted by Gasteiger charge is -2.27. The van der Waals surface area contributed by atoms with E-state index in [2.05, 4.69) is 16.3 Å². The summed E-state index contributed by atoms with van der Waals surface area (Å²) in [6.45, 7) is 11.6. The van der Waals surface area contributed by atoms with Crippen molar-refractivity contribution in [2.75, 3.05) is 11.4 Å². The van der Waals surface area contributed by atoms with Crippen molar-refractivity contribution in [3.05, 3.63) is 71.2 Å². The fraction of sp³-hybridized carbons (Fsp3) is 0.250. The van der Waals surface area contributed by atoms with Crippen LogP contribution >= 0.6 is 11.6 Å². The number of ether oxygens (including phenoxy) is 1. The number of hydrogen-bond donors (Lipinski definition) is 1. The number of nitrogens with zero attached hydrogens (tertiary/aromatic N) is 2. The molecule has 0 aliphatic carbocycles. The van der Waals surface area contributed by atoms with E-state index in [1.807, 2.05) is 24.3 Å². The molecule has 0 radical (unpaired) electrons. The van der Waals surface area contributed by atoms with Gasteiger partial charge in [-0.15, -0.1) is 0 Å². The van der Waals surface area contributed by atoms with Gasteiger partial charge in [-0.1, -0.05) is 30.3 Å². The number of aliphatic hydroxyl groups is 1. The molecule has 1 atom stereocenters. The predicted octanol–water partition coefficient (Wildman–Crippen LogP) is 6.11. The van der Waals surface area contributed by atoms with E-state index >= 15 is 0 Å². The first-order chi connectivity index (χ1) is 12.1. The molecular formula is C20H19ClN2O2. The Bertz CT molecular complexity index is 829. The van der Waals surface area contributed by atoms with Crippen LogP contribution in [0.3, 0.4) is 0 Å². The minimum absolute atomic E-state index is 0.219. The number of benzene rings is 2. The topological polar surface area (TPSA) is 37.1 Å². The molecule has 4 nitrogen and oxygen atoms in total. The molecule has 0 spiro atoms. The van der Waals surface area contributed by atoms with Crippen LogP contribution in [0.2, 0.25) is 5.02 Å². The molecule has 1 aliphatic rings. The highest BCUT2D eigenvalue weighted by Crippen LogP contribution is 2.35. The molecular weight excluding hydrogens is 336 g/mol. The minimum Gasteiger partial charge on any atom is -0.513 e. The highest BCUT2D eigenvalue weighted by Gasteiger charge is 2.25. The van der Waals surface area contributed by atoms with Crippen LogP contribution in [-0.4, -0.2) is 17.7 Å². The zero-order chi connectivity index (χ0) is 17.8. The van der Waals surface area contributed by atoms with Gasteiger partial charge >= 0.3 is 0 Å². The van der Waals surface area contributed by atoms with Crippen LogP contribution in [-0.2, 0) is 0 Å². The molecule has 1 aliphatic heterocycles. The van der Waals surface area contributed by atoms with E-state index in [1.165, 1.54) is 0 Å². The van der Waals surface area contributed by atoms with Gasteiger partial charge in [-0.05, 0) is 37.1 Å². The Kier molecular flexibility index (Phi) is 5.16. The predicted molar refractivity (Wildman–Crippen MR) is 101 cm³/mol. The molecule has 0 bridgehead atoms. The molecule has 0 aromatic heterocycles. The number of rotatable bonds is 5. The molecule has 1 fully saturated rings. The van der Waals surface area contributed by atoms with Crippen molar-refractivity contribution in [2.45, 2.75) is 25.3 Å². The summed E-state index contributed by atoms with van der Waals surface area (Å²) in [5, 5.41) is 9.93. The Hall–Kier alpha value is -2.64. The number of hydrogen-bond acceptors (Lipinski definition) is 3. The summed E-state index contributed by atoms with van der Waals surface area (Å²) < 4.78 is 5.90. The van der Waals surface area contributed by atoms with Gasteiger partial charge in [0.05, 0.1) is 17.4 Å².